The van der Waals surface area contributed by atoms with Crippen LogP contribution in [0.1, 0.15) is 12.8 Å². The number of nitrogens with zero attached hydrogens (tertiary/aromatic N) is 1. The Hall–Kier alpha value is -2.76. The number of amides is 1. The predicted octanol–water partition coefficient (Wildman–Crippen LogP) is 1.18. The molecule has 0 radical (unpaired) electrons. The van der Waals surface area contributed by atoms with Crippen molar-refractivity contribution in [1.29, 1.82) is 0 Å². The van der Waals surface area contributed by atoms with E-state index in [1.165, 1.54) is 29.6 Å². The topological polar surface area (TPSA) is 124 Å². The lowest BCUT2D eigenvalue weighted by molar-refractivity contribution is -0.133. The number of nitrogens with one attached hydrogen (secondary N) is 1. The third-order valence-corrected chi connectivity index (χ3v) is 7.78. The highest BCUT2D eigenvalue weighted by Gasteiger charge is 2.44. The fourth-order valence-corrected chi connectivity index (χ4v) is 5.92. The molecule has 2 N–H and O–H groups in total. The Kier molecular flexibility index (Phi) is 6.08. The van der Waals surface area contributed by atoms with E-state index in [1.54, 1.807) is 23.7 Å². The van der Waals surface area contributed by atoms with E-state index in [0.29, 0.717) is 30.1 Å². The summed E-state index contributed by atoms with van der Waals surface area (Å²) in [5.74, 6) is 0.0789. The van der Waals surface area contributed by atoms with Crippen LogP contribution in [-0.4, -0.2) is 62.2 Å². The van der Waals surface area contributed by atoms with E-state index in [4.69, 9.17) is 24.2 Å². The minimum Gasteiger partial charge on any atom is -0.500 e. The molecule has 3 aliphatic rings. The van der Waals surface area contributed by atoms with Gasteiger partial charge >= 0.3 is 0 Å². The van der Waals surface area contributed by atoms with Gasteiger partial charge in [-0.15, -0.1) is 0 Å². The Balaban J connectivity index is 1.42. The number of carbonyl (C=O) groups is 1. The van der Waals surface area contributed by atoms with Crippen molar-refractivity contribution in [3.63, 3.8) is 0 Å². The van der Waals surface area contributed by atoms with Gasteiger partial charge in [0.05, 0.1) is 7.11 Å². The Morgan fingerprint density at radius 3 is 2.68 bits per heavy atom. The van der Waals surface area contributed by atoms with Crippen molar-refractivity contribution in [2.24, 2.45) is 5.92 Å². The number of carbonyl (C=O) groups excluding carboxylic acids is 1. The zero-order valence-electron chi connectivity index (χ0n) is 16.9. The minimum absolute atomic E-state index is 0.153. The number of fused-ring (bicyclic) bond motifs is 1. The summed E-state index contributed by atoms with van der Waals surface area (Å²) in [6.45, 7) is 0.683. The van der Waals surface area contributed by atoms with Gasteiger partial charge in [0.2, 0.25) is 16.8 Å². The molecule has 1 fully saturated rings. The van der Waals surface area contributed by atoms with E-state index >= 15 is 0 Å². The summed E-state index contributed by atoms with van der Waals surface area (Å²) < 4.78 is 49.7. The first kappa shape index (κ1) is 21.5. The number of hydroxylamine groups is 1. The molecule has 0 aromatic heterocycles. The molecule has 1 amide bonds. The van der Waals surface area contributed by atoms with Gasteiger partial charge in [-0.05, 0) is 31.1 Å². The number of allylic oxidation sites excluding steroid dienone is 2. The fourth-order valence-electron chi connectivity index (χ4n) is 3.97. The second-order valence-corrected chi connectivity index (χ2v) is 9.44. The molecule has 31 heavy (non-hydrogen) atoms. The van der Waals surface area contributed by atoms with Crippen LogP contribution in [0.5, 0.6) is 17.2 Å². The van der Waals surface area contributed by atoms with Gasteiger partial charge in [0, 0.05) is 19.2 Å². The van der Waals surface area contributed by atoms with Crippen molar-refractivity contribution in [3.05, 3.63) is 42.2 Å². The van der Waals surface area contributed by atoms with Crippen LogP contribution in [-0.2, 0) is 19.6 Å². The Bertz CT molecular complexity index is 998. The molecular formula is C20H24N2O8S. The van der Waals surface area contributed by atoms with E-state index in [9.17, 15) is 13.2 Å². The van der Waals surface area contributed by atoms with Crippen LogP contribution < -0.4 is 19.7 Å². The average Bonchev–Trinajstić information content (AvgIpc) is 3.26. The normalized spacial score (nSPS) is 23.9. The lowest BCUT2D eigenvalue weighted by Gasteiger charge is -2.35. The highest BCUT2D eigenvalue weighted by Crippen LogP contribution is 2.36. The number of hydrogen-bond acceptors (Lipinski definition) is 8. The molecule has 168 valence electrons. The molecule has 0 saturated carbocycles. The number of piperidine rings is 1. The molecule has 2 heterocycles. The number of benzene rings is 1. The third kappa shape index (κ3) is 4.21. The van der Waals surface area contributed by atoms with Crippen LogP contribution in [0.4, 0.5) is 0 Å². The Labute approximate surface area is 180 Å². The molecule has 1 aromatic carbocycles. The molecule has 4 rings (SSSR count). The van der Waals surface area contributed by atoms with Gasteiger partial charge in [0.1, 0.15) is 28.8 Å². The Morgan fingerprint density at radius 2 is 1.97 bits per heavy atom. The van der Waals surface area contributed by atoms with Crippen LogP contribution in [0.3, 0.4) is 0 Å². The molecule has 10 nitrogen and oxygen atoms in total. The van der Waals surface area contributed by atoms with Crippen LogP contribution in [0.2, 0.25) is 0 Å². The average molecular weight is 452 g/mol. The van der Waals surface area contributed by atoms with E-state index < -0.39 is 27.1 Å². The monoisotopic (exact) mass is 452 g/mol. The lowest BCUT2D eigenvalue weighted by atomic mass is 9.97. The van der Waals surface area contributed by atoms with Gasteiger partial charge in [-0.3, -0.25) is 10.0 Å². The second kappa shape index (κ2) is 8.77. The van der Waals surface area contributed by atoms with Gasteiger partial charge in [0.25, 0.3) is 5.91 Å². The summed E-state index contributed by atoms with van der Waals surface area (Å²) in [6, 6.07) is 5.33. The number of hydrogen-bond donors (Lipinski definition) is 2. The first-order chi connectivity index (χ1) is 14.9. The molecule has 1 aromatic rings. The number of rotatable bonds is 6. The SMILES string of the molecule is COC1=CC=CC(S(=O)(=O)N2CCC(Oc3ccc4c(c3)OCO4)CC2)C1C(=O)NO. The maximum Gasteiger partial charge on any atom is 0.255 e. The molecule has 1 saturated heterocycles. The van der Waals surface area contributed by atoms with E-state index in [0.717, 1.165) is 0 Å². The van der Waals surface area contributed by atoms with Crippen LogP contribution in [0.15, 0.2) is 42.2 Å². The summed E-state index contributed by atoms with van der Waals surface area (Å²) in [4.78, 5) is 12.2. The zero-order valence-corrected chi connectivity index (χ0v) is 17.7. The highest BCUT2D eigenvalue weighted by molar-refractivity contribution is 7.90. The largest absolute Gasteiger partial charge is 0.500 e. The summed E-state index contributed by atoms with van der Waals surface area (Å²) in [7, 11) is -2.52. The zero-order chi connectivity index (χ0) is 22.0. The number of methoxy groups -OCH3 is 1. The van der Waals surface area contributed by atoms with Crippen molar-refractivity contribution >= 4 is 15.9 Å². The highest BCUT2D eigenvalue weighted by atomic mass is 32.2. The van der Waals surface area contributed by atoms with E-state index in [2.05, 4.69) is 0 Å². The molecule has 11 heteroatoms. The molecule has 2 atom stereocenters. The van der Waals surface area contributed by atoms with Crippen molar-refractivity contribution < 1.29 is 37.4 Å². The molecule has 1 aliphatic carbocycles. The van der Waals surface area contributed by atoms with Crippen molar-refractivity contribution in [2.45, 2.75) is 24.2 Å². The smallest absolute Gasteiger partial charge is 0.255 e. The molecule has 0 spiro atoms. The molecule has 2 aliphatic heterocycles. The maximum absolute atomic E-state index is 13.3. The van der Waals surface area contributed by atoms with Gasteiger partial charge in [-0.1, -0.05) is 12.2 Å². The first-order valence-electron chi connectivity index (χ1n) is 9.85. The number of sulfonamides is 1. The summed E-state index contributed by atoms with van der Waals surface area (Å²) in [6.07, 6.45) is 5.32. The number of ether oxygens (including phenoxy) is 4. The fraction of sp³-hybridized carbons (Fsp3) is 0.450. The van der Waals surface area contributed by atoms with E-state index in [1.807, 2.05) is 0 Å². The van der Waals surface area contributed by atoms with Gasteiger partial charge in [-0.25, -0.2) is 18.2 Å². The summed E-state index contributed by atoms with van der Waals surface area (Å²) in [5, 5.41) is 7.90. The van der Waals surface area contributed by atoms with Gasteiger partial charge in [0.15, 0.2) is 11.5 Å². The lowest BCUT2D eigenvalue weighted by Crippen LogP contribution is -2.50. The van der Waals surface area contributed by atoms with E-state index in [-0.39, 0.29) is 31.7 Å². The predicted molar refractivity (Wildman–Crippen MR) is 108 cm³/mol. The maximum atomic E-state index is 13.3. The van der Waals surface area contributed by atoms with Crippen molar-refractivity contribution in [1.82, 2.24) is 9.79 Å². The molecule has 2 unspecified atom stereocenters. The second-order valence-electron chi connectivity index (χ2n) is 7.35. The standard InChI is InChI=1S/C20H24N2O8S/c1-27-16-3-2-4-18(19(16)20(23)21-24)31(25,26)22-9-7-13(8-10-22)30-14-5-6-15-17(11-14)29-12-28-15/h2-6,11,13,18-19,24H,7-10,12H2,1H3,(H,21,23). The van der Waals surface area contributed by atoms with Crippen LogP contribution in [0, 0.1) is 5.92 Å². The van der Waals surface area contributed by atoms with Crippen molar-refractivity contribution in [3.8, 4) is 17.2 Å². The van der Waals surface area contributed by atoms with Crippen LogP contribution >= 0.6 is 0 Å². The summed E-state index contributed by atoms with van der Waals surface area (Å²) in [5.41, 5.74) is 1.54. The van der Waals surface area contributed by atoms with Gasteiger partial charge in [-0.2, -0.15) is 0 Å². The Morgan fingerprint density at radius 1 is 1.23 bits per heavy atom. The van der Waals surface area contributed by atoms with Gasteiger partial charge < -0.3 is 18.9 Å². The summed E-state index contributed by atoms with van der Waals surface area (Å²) >= 11 is 0. The first-order valence-corrected chi connectivity index (χ1v) is 11.4. The molecular weight excluding hydrogens is 428 g/mol. The van der Waals surface area contributed by atoms with Crippen LogP contribution in [0.25, 0.3) is 0 Å². The molecule has 0 bridgehead atoms. The third-order valence-electron chi connectivity index (χ3n) is 5.58. The quantitative estimate of drug-likeness (QED) is 0.487. The van der Waals surface area contributed by atoms with Crippen molar-refractivity contribution in [2.75, 3.05) is 27.0 Å². The minimum atomic E-state index is -3.88.